The normalized spacial score (nSPS) is 21.8. The smallest absolute Gasteiger partial charge is 0.350 e. The van der Waals surface area contributed by atoms with E-state index in [2.05, 4.69) is 10.2 Å². The average Bonchev–Trinajstić information content (AvgIpc) is 3.43. The third kappa shape index (κ3) is 7.02. The van der Waals surface area contributed by atoms with Crippen LogP contribution in [0.15, 0.2) is 40.6 Å². The lowest BCUT2D eigenvalue weighted by molar-refractivity contribution is -0.202. The zero-order chi connectivity index (χ0) is 29.1. The Labute approximate surface area is 234 Å². The minimum atomic E-state index is -4.51. The van der Waals surface area contributed by atoms with Crippen LogP contribution in [-0.2, 0) is 40.8 Å². The van der Waals surface area contributed by atoms with Gasteiger partial charge in [0.25, 0.3) is 26.1 Å². The number of ether oxygens (including phenoxy) is 1. The molecule has 0 saturated carbocycles. The topological polar surface area (TPSA) is 134 Å². The molecule has 0 spiro atoms. The molecule has 222 valence electrons. The van der Waals surface area contributed by atoms with E-state index in [9.17, 15) is 34.8 Å². The number of alkyl halides is 3. The van der Waals surface area contributed by atoms with E-state index >= 15 is 0 Å². The Morgan fingerprint density at radius 2 is 1.82 bits per heavy atom. The van der Waals surface area contributed by atoms with Gasteiger partial charge < -0.3 is 4.74 Å². The molecule has 1 amide bonds. The number of carbonyl (C=O) groups is 1. The summed E-state index contributed by atoms with van der Waals surface area (Å²) in [6.07, 6.45) is -3.03. The number of hydroxylamine groups is 1. The monoisotopic (exact) mass is 626 g/mol. The molecule has 0 bridgehead atoms. The fourth-order valence-corrected chi connectivity index (χ4v) is 8.50. The van der Waals surface area contributed by atoms with Gasteiger partial charge in [-0.25, -0.2) is 23.5 Å². The van der Waals surface area contributed by atoms with E-state index in [0.29, 0.717) is 23.5 Å². The first-order valence-corrected chi connectivity index (χ1v) is 16.1. The molecule has 1 aromatic heterocycles. The second kappa shape index (κ2) is 12.4. The number of sulfonamides is 1. The standard InChI is InChI=1S/C23H29F3N4O7S3/c1-2-27-40(34,35)29-12-13-30(18(15-29)22(31)28-37-20-5-3-4-14-36-20)39(32,33)21-11-10-19(38-21)16-6-8-17(9-7-16)23(24,25)26/h6-11,18,20,27H,2-5,12-15H2,1H3,(H,28,31)/t18-,20?/m1/s1. The van der Waals surface area contributed by atoms with E-state index in [1.807, 2.05) is 0 Å². The molecule has 2 N–H and O–H groups in total. The molecule has 2 fully saturated rings. The van der Waals surface area contributed by atoms with Crippen molar-refractivity contribution in [2.24, 2.45) is 0 Å². The Balaban J connectivity index is 1.57. The molecule has 2 atom stereocenters. The molecule has 2 aliphatic heterocycles. The van der Waals surface area contributed by atoms with E-state index in [-0.39, 0.29) is 23.8 Å². The summed E-state index contributed by atoms with van der Waals surface area (Å²) >= 11 is 0.826. The van der Waals surface area contributed by atoms with Gasteiger partial charge in [0.2, 0.25) is 0 Å². The summed E-state index contributed by atoms with van der Waals surface area (Å²) in [7, 11) is -8.29. The highest BCUT2D eigenvalue weighted by atomic mass is 32.2. The van der Waals surface area contributed by atoms with Crippen LogP contribution < -0.4 is 10.2 Å². The first kappa shape index (κ1) is 30.8. The second-order valence-corrected chi connectivity index (χ2v) is 14.0. The van der Waals surface area contributed by atoms with Gasteiger partial charge in [0, 0.05) is 44.1 Å². The summed E-state index contributed by atoms with van der Waals surface area (Å²) in [5.41, 5.74) is 1.78. The van der Waals surface area contributed by atoms with E-state index in [1.165, 1.54) is 24.3 Å². The molecule has 40 heavy (non-hydrogen) atoms. The number of halogens is 3. The van der Waals surface area contributed by atoms with Gasteiger partial charge in [-0.05, 0) is 42.7 Å². The molecule has 1 unspecified atom stereocenters. The summed E-state index contributed by atoms with van der Waals surface area (Å²) < 4.78 is 101. The summed E-state index contributed by atoms with van der Waals surface area (Å²) in [5, 5.41) is 0. The fraction of sp³-hybridized carbons (Fsp3) is 0.522. The van der Waals surface area contributed by atoms with Crippen LogP contribution in [0.4, 0.5) is 13.2 Å². The number of piperazine rings is 1. The Bertz CT molecular complexity index is 1390. The molecule has 0 aliphatic carbocycles. The number of nitrogens with one attached hydrogen (secondary N) is 2. The fourth-order valence-electron chi connectivity index (χ4n) is 4.28. The molecular weight excluding hydrogens is 597 g/mol. The van der Waals surface area contributed by atoms with E-state index in [4.69, 9.17) is 9.57 Å². The molecule has 11 nitrogen and oxygen atoms in total. The lowest BCUT2D eigenvalue weighted by Gasteiger charge is -2.38. The minimum Gasteiger partial charge on any atom is -0.350 e. The Morgan fingerprint density at radius 3 is 2.45 bits per heavy atom. The van der Waals surface area contributed by atoms with Gasteiger partial charge >= 0.3 is 6.18 Å². The zero-order valence-corrected chi connectivity index (χ0v) is 23.8. The predicted molar refractivity (Wildman–Crippen MR) is 139 cm³/mol. The summed E-state index contributed by atoms with van der Waals surface area (Å²) in [6, 6.07) is 5.60. The van der Waals surface area contributed by atoms with Gasteiger partial charge in [-0.15, -0.1) is 11.3 Å². The van der Waals surface area contributed by atoms with E-state index < -0.39 is 56.8 Å². The maximum Gasteiger partial charge on any atom is 0.416 e. The molecule has 4 rings (SSSR count). The van der Waals surface area contributed by atoms with Crippen LogP contribution in [0.3, 0.4) is 0 Å². The van der Waals surface area contributed by atoms with Crippen molar-refractivity contribution >= 4 is 37.5 Å². The Kier molecular flexibility index (Phi) is 9.56. The first-order valence-electron chi connectivity index (χ1n) is 12.4. The highest BCUT2D eigenvalue weighted by Gasteiger charge is 2.44. The van der Waals surface area contributed by atoms with E-state index in [1.54, 1.807) is 6.92 Å². The van der Waals surface area contributed by atoms with Gasteiger partial charge in [-0.2, -0.15) is 30.2 Å². The highest BCUT2D eigenvalue weighted by Crippen LogP contribution is 2.36. The first-order chi connectivity index (χ1) is 18.8. The highest BCUT2D eigenvalue weighted by molar-refractivity contribution is 7.91. The lowest BCUT2D eigenvalue weighted by Crippen LogP contribution is -2.62. The maximum atomic E-state index is 13.7. The molecular formula is C23H29F3N4O7S3. The number of amides is 1. The van der Waals surface area contributed by atoms with Crippen molar-refractivity contribution in [1.29, 1.82) is 0 Å². The largest absolute Gasteiger partial charge is 0.416 e. The van der Waals surface area contributed by atoms with Crippen molar-refractivity contribution < 1.29 is 44.4 Å². The number of nitrogens with zero attached hydrogens (tertiary/aromatic N) is 2. The molecule has 1 aromatic carbocycles. The molecule has 0 radical (unpaired) electrons. The molecule has 2 aliphatic rings. The van der Waals surface area contributed by atoms with Crippen molar-refractivity contribution in [3.8, 4) is 10.4 Å². The Morgan fingerprint density at radius 1 is 1.10 bits per heavy atom. The number of carbonyl (C=O) groups excluding carboxylic acids is 1. The van der Waals surface area contributed by atoms with Gasteiger partial charge in [0.15, 0.2) is 6.29 Å². The maximum absolute atomic E-state index is 13.7. The lowest BCUT2D eigenvalue weighted by atomic mass is 10.1. The quantitative estimate of drug-likeness (QED) is 0.409. The predicted octanol–water partition coefficient (Wildman–Crippen LogP) is 2.54. The number of hydrogen-bond donors (Lipinski definition) is 2. The van der Waals surface area contributed by atoms with Gasteiger partial charge in [0.1, 0.15) is 10.3 Å². The average molecular weight is 627 g/mol. The molecule has 2 saturated heterocycles. The van der Waals surface area contributed by atoms with Crippen LogP contribution >= 0.6 is 11.3 Å². The zero-order valence-electron chi connectivity index (χ0n) is 21.4. The van der Waals surface area contributed by atoms with Crippen LogP contribution in [0.25, 0.3) is 10.4 Å². The van der Waals surface area contributed by atoms with Gasteiger partial charge in [-0.3, -0.25) is 4.79 Å². The second-order valence-electron chi connectivity index (χ2n) is 9.07. The van der Waals surface area contributed by atoms with Crippen molar-refractivity contribution in [1.82, 2.24) is 18.8 Å². The van der Waals surface area contributed by atoms with Crippen LogP contribution in [0.5, 0.6) is 0 Å². The van der Waals surface area contributed by atoms with E-state index in [0.717, 1.165) is 44.9 Å². The van der Waals surface area contributed by atoms with Crippen LogP contribution in [0, 0.1) is 0 Å². The summed E-state index contributed by atoms with van der Waals surface area (Å²) in [6.45, 7) is 1.14. The number of hydrogen-bond acceptors (Lipinski definition) is 8. The third-order valence-corrected chi connectivity index (χ3v) is 11.5. The van der Waals surface area contributed by atoms with Gasteiger partial charge in [-0.1, -0.05) is 19.1 Å². The molecule has 3 heterocycles. The number of benzene rings is 1. The molecule has 17 heteroatoms. The Hall–Kier alpha value is -2.12. The minimum absolute atomic E-state index is 0.0990. The van der Waals surface area contributed by atoms with Crippen molar-refractivity contribution in [3.63, 3.8) is 0 Å². The van der Waals surface area contributed by atoms with Crippen LogP contribution in [0.2, 0.25) is 0 Å². The number of thiophene rings is 1. The van der Waals surface area contributed by atoms with Crippen molar-refractivity contribution in [3.05, 3.63) is 42.0 Å². The third-order valence-electron chi connectivity index (χ3n) is 6.33. The van der Waals surface area contributed by atoms with Crippen molar-refractivity contribution in [2.45, 2.75) is 48.9 Å². The summed E-state index contributed by atoms with van der Waals surface area (Å²) in [5.74, 6) is -0.867. The van der Waals surface area contributed by atoms with Crippen LogP contribution in [0.1, 0.15) is 31.7 Å². The SMILES string of the molecule is CCNS(=O)(=O)N1CCN(S(=O)(=O)c2ccc(-c3ccc(C(F)(F)F)cc3)s2)[C@@H](C(=O)NOC2CCCCO2)C1. The van der Waals surface area contributed by atoms with Crippen LogP contribution in [-0.4, -0.2) is 76.5 Å². The summed E-state index contributed by atoms with van der Waals surface area (Å²) in [4.78, 5) is 18.9. The van der Waals surface area contributed by atoms with Gasteiger partial charge in [0.05, 0.1) is 5.56 Å². The number of rotatable bonds is 9. The van der Waals surface area contributed by atoms with Crippen molar-refractivity contribution in [2.75, 3.05) is 32.8 Å². The molecule has 2 aromatic rings.